The molecule has 0 aliphatic rings. The van der Waals surface area contributed by atoms with Crippen LogP contribution in [-0.4, -0.2) is 30.9 Å². The van der Waals surface area contributed by atoms with E-state index in [0.717, 1.165) is 40.0 Å². The lowest BCUT2D eigenvalue weighted by Crippen LogP contribution is -2.09. The Kier molecular flexibility index (Phi) is 6.30. The zero-order valence-electron chi connectivity index (χ0n) is 16.9. The van der Waals surface area contributed by atoms with Crippen molar-refractivity contribution in [3.05, 3.63) is 52.3 Å². The van der Waals surface area contributed by atoms with E-state index in [1.165, 1.54) is 11.8 Å². The SMILES string of the molecule is CCn1c(SCC(=O)c2cc(C)n(C(C)C)c2C)nnc1-c1ccc(Cl)cc1. The van der Waals surface area contributed by atoms with Crippen LogP contribution in [0.5, 0.6) is 0 Å². The predicted octanol–water partition coefficient (Wildman–Crippen LogP) is 5.59. The van der Waals surface area contributed by atoms with Crippen LogP contribution in [0.15, 0.2) is 35.5 Å². The smallest absolute Gasteiger partial charge is 0.191 e. The van der Waals surface area contributed by atoms with Gasteiger partial charge < -0.3 is 9.13 Å². The molecule has 0 N–H and O–H groups in total. The third kappa shape index (κ3) is 4.03. The highest BCUT2D eigenvalue weighted by molar-refractivity contribution is 7.99. The standard InChI is InChI=1S/C21H25ClN4OS/c1-6-25-20(16-7-9-17(22)10-8-16)23-24-21(25)28-12-19(27)18-11-14(4)26(13(2)3)15(18)5/h7-11,13H,6,12H2,1-5H3. The molecule has 2 aromatic heterocycles. The minimum Gasteiger partial charge on any atom is -0.346 e. The van der Waals surface area contributed by atoms with E-state index in [-0.39, 0.29) is 5.78 Å². The fourth-order valence-electron chi connectivity index (χ4n) is 3.55. The molecule has 0 radical (unpaired) electrons. The highest BCUT2D eigenvalue weighted by atomic mass is 35.5. The lowest BCUT2D eigenvalue weighted by atomic mass is 10.2. The van der Waals surface area contributed by atoms with Gasteiger partial charge in [0.2, 0.25) is 0 Å². The van der Waals surface area contributed by atoms with E-state index in [0.29, 0.717) is 16.8 Å². The summed E-state index contributed by atoms with van der Waals surface area (Å²) in [5.74, 6) is 1.23. The first-order valence-electron chi connectivity index (χ1n) is 9.37. The lowest BCUT2D eigenvalue weighted by Gasteiger charge is -2.13. The van der Waals surface area contributed by atoms with Crippen molar-refractivity contribution in [3.63, 3.8) is 0 Å². The number of Topliss-reactive ketones (excluding diaryl/α,β-unsaturated/α-hetero) is 1. The third-order valence-corrected chi connectivity index (χ3v) is 5.99. The first-order valence-corrected chi connectivity index (χ1v) is 10.7. The van der Waals surface area contributed by atoms with Crippen LogP contribution in [0, 0.1) is 13.8 Å². The van der Waals surface area contributed by atoms with Gasteiger partial charge in [0.05, 0.1) is 5.75 Å². The molecule has 0 aliphatic carbocycles. The molecule has 3 aromatic rings. The van der Waals surface area contributed by atoms with Gasteiger partial charge in [-0.3, -0.25) is 4.79 Å². The fourth-order valence-corrected chi connectivity index (χ4v) is 4.57. The molecular weight excluding hydrogens is 392 g/mol. The van der Waals surface area contributed by atoms with E-state index in [9.17, 15) is 4.79 Å². The van der Waals surface area contributed by atoms with E-state index in [2.05, 4.69) is 28.6 Å². The molecule has 0 atom stereocenters. The molecule has 0 amide bonds. The molecule has 3 rings (SSSR count). The monoisotopic (exact) mass is 416 g/mol. The number of thioether (sulfide) groups is 1. The molecule has 148 valence electrons. The van der Waals surface area contributed by atoms with Crippen molar-refractivity contribution in [1.82, 2.24) is 19.3 Å². The third-order valence-electron chi connectivity index (χ3n) is 4.77. The van der Waals surface area contributed by atoms with E-state index < -0.39 is 0 Å². The molecule has 0 fully saturated rings. The Hall–Kier alpha value is -2.05. The predicted molar refractivity (Wildman–Crippen MR) is 115 cm³/mol. The Bertz CT molecular complexity index is 989. The summed E-state index contributed by atoms with van der Waals surface area (Å²) in [5.41, 5.74) is 3.89. The van der Waals surface area contributed by atoms with Crippen LogP contribution in [0.3, 0.4) is 0 Å². The van der Waals surface area contributed by atoms with Crippen molar-refractivity contribution in [3.8, 4) is 11.4 Å². The van der Waals surface area contributed by atoms with Crippen molar-refractivity contribution in [2.45, 2.75) is 52.4 Å². The fraction of sp³-hybridized carbons (Fsp3) is 0.381. The average Bonchev–Trinajstić information content (AvgIpc) is 3.20. The van der Waals surface area contributed by atoms with Crippen molar-refractivity contribution in [2.75, 3.05) is 5.75 Å². The second kappa shape index (κ2) is 8.53. The Balaban J connectivity index is 1.79. The number of carbonyl (C=O) groups excluding carboxylic acids is 1. The summed E-state index contributed by atoms with van der Waals surface area (Å²) in [4.78, 5) is 12.8. The topological polar surface area (TPSA) is 52.7 Å². The van der Waals surface area contributed by atoms with Crippen LogP contribution in [0.1, 0.15) is 48.6 Å². The summed E-state index contributed by atoms with van der Waals surface area (Å²) in [6.07, 6.45) is 0. The molecule has 0 aliphatic heterocycles. The molecule has 0 bridgehead atoms. The quantitative estimate of drug-likeness (QED) is 0.372. The zero-order valence-corrected chi connectivity index (χ0v) is 18.4. The van der Waals surface area contributed by atoms with Gasteiger partial charge in [-0.2, -0.15) is 0 Å². The molecule has 1 aromatic carbocycles. The molecular formula is C21H25ClN4OS. The second-order valence-corrected chi connectivity index (χ2v) is 8.40. The first kappa shape index (κ1) is 20.7. The van der Waals surface area contributed by atoms with Gasteiger partial charge in [0.25, 0.3) is 0 Å². The summed E-state index contributed by atoms with van der Waals surface area (Å²) in [6, 6.07) is 9.86. The molecule has 0 unspecified atom stereocenters. The van der Waals surface area contributed by atoms with Gasteiger partial charge in [-0.25, -0.2) is 0 Å². The maximum atomic E-state index is 12.8. The van der Waals surface area contributed by atoms with Crippen molar-refractivity contribution >= 4 is 29.1 Å². The number of rotatable bonds is 7. The Morgan fingerprint density at radius 3 is 2.43 bits per heavy atom. The molecule has 7 heteroatoms. The van der Waals surface area contributed by atoms with Crippen LogP contribution in [0.2, 0.25) is 5.02 Å². The van der Waals surface area contributed by atoms with Crippen molar-refractivity contribution in [1.29, 1.82) is 0 Å². The second-order valence-electron chi connectivity index (χ2n) is 7.02. The lowest BCUT2D eigenvalue weighted by molar-refractivity contribution is 0.102. The number of ketones is 1. The van der Waals surface area contributed by atoms with Gasteiger partial charge >= 0.3 is 0 Å². The van der Waals surface area contributed by atoms with E-state index >= 15 is 0 Å². The minimum atomic E-state index is 0.115. The van der Waals surface area contributed by atoms with Gasteiger partial charge in [0.15, 0.2) is 16.8 Å². The van der Waals surface area contributed by atoms with Crippen molar-refractivity contribution < 1.29 is 4.79 Å². The summed E-state index contributed by atoms with van der Waals surface area (Å²) in [5, 5.41) is 10.1. The number of hydrogen-bond acceptors (Lipinski definition) is 4. The van der Waals surface area contributed by atoms with Crippen LogP contribution in [0.25, 0.3) is 11.4 Å². The number of benzene rings is 1. The largest absolute Gasteiger partial charge is 0.346 e. The van der Waals surface area contributed by atoms with E-state index in [4.69, 9.17) is 11.6 Å². The molecule has 0 saturated carbocycles. The maximum Gasteiger partial charge on any atom is 0.191 e. The van der Waals surface area contributed by atoms with Gasteiger partial charge in [0.1, 0.15) is 0 Å². The van der Waals surface area contributed by atoms with Crippen LogP contribution in [0.4, 0.5) is 0 Å². The van der Waals surface area contributed by atoms with Crippen molar-refractivity contribution in [2.24, 2.45) is 0 Å². The van der Waals surface area contributed by atoms with E-state index in [1.54, 1.807) is 0 Å². The molecule has 0 spiro atoms. The van der Waals surface area contributed by atoms with Gasteiger partial charge in [-0.05, 0) is 65.0 Å². The Labute approximate surface area is 175 Å². The van der Waals surface area contributed by atoms with E-state index in [1.807, 2.05) is 55.7 Å². The number of aromatic nitrogens is 4. The number of carbonyl (C=O) groups is 1. The normalized spacial score (nSPS) is 11.4. The number of nitrogens with zero attached hydrogens (tertiary/aromatic N) is 4. The Morgan fingerprint density at radius 1 is 1.18 bits per heavy atom. The number of hydrogen-bond donors (Lipinski definition) is 0. The maximum absolute atomic E-state index is 12.8. The van der Waals surface area contributed by atoms with Crippen LogP contribution >= 0.6 is 23.4 Å². The zero-order chi connectivity index (χ0) is 20.4. The highest BCUT2D eigenvalue weighted by Gasteiger charge is 2.19. The molecule has 0 saturated heterocycles. The minimum absolute atomic E-state index is 0.115. The highest BCUT2D eigenvalue weighted by Crippen LogP contribution is 2.27. The van der Waals surface area contributed by atoms with Crippen LogP contribution < -0.4 is 0 Å². The molecule has 28 heavy (non-hydrogen) atoms. The van der Waals surface area contributed by atoms with Crippen LogP contribution in [-0.2, 0) is 6.54 Å². The summed E-state index contributed by atoms with van der Waals surface area (Å²) >= 11 is 7.41. The average molecular weight is 417 g/mol. The molecule has 5 nitrogen and oxygen atoms in total. The Morgan fingerprint density at radius 2 is 1.86 bits per heavy atom. The molecule has 2 heterocycles. The summed E-state index contributed by atoms with van der Waals surface area (Å²) in [7, 11) is 0. The summed E-state index contributed by atoms with van der Waals surface area (Å²) in [6.45, 7) is 11.1. The van der Waals surface area contributed by atoms with Gasteiger partial charge in [-0.15, -0.1) is 10.2 Å². The van der Waals surface area contributed by atoms with Gasteiger partial charge in [-0.1, -0.05) is 23.4 Å². The van der Waals surface area contributed by atoms with Gasteiger partial charge in [0, 0.05) is 40.1 Å². The number of halogens is 1. The number of aryl methyl sites for hydroxylation is 1. The summed E-state index contributed by atoms with van der Waals surface area (Å²) < 4.78 is 4.23. The first-order chi connectivity index (χ1) is 13.3.